The molecule has 1 heterocycles. The minimum atomic E-state index is -0.431. The zero-order chi connectivity index (χ0) is 16.9. The smallest absolute Gasteiger partial charge is 0.344 e. The fourth-order valence-corrected chi connectivity index (χ4v) is 2.71. The van der Waals surface area contributed by atoms with Crippen LogP contribution in [0.1, 0.15) is 11.1 Å². The van der Waals surface area contributed by atoms with Gasteiger partial charge in [-0.25, -0.2) is 4.79 Å². The van der Waals surface area contributed by atoms with Gasteiger partial charge in [-0.05, 0) is 30.7 Å². The molecule has 0 unspecified atom stereocenters. The predicted octanol–water partition coefficient (Wildman–Crippen LogP) is 3.65. The predicted molar refractivity (Wildman–Crippen MR) is 91.6 cm³/mol. The summed E-state index contributed by atoms with van der Waals surface area (Å²) < 4.78 is 22.6. The van der Waals surface area contributed by atoms with Gasteiger partial charge in [0.05, 0.1) is 0 Å². The van der Waals surface area contributed by atoms with Gasteiger partial charge in [-0.1, -0.05) is 34.1 Å². The number of fused-ring (bicyclic) bond motifs is 1. The highest BCUT2D eigenvalue weighted by Gasteiger charge is 2.16. The van der Waals surface area contributed by atoms with Crippen LogP contribution in [0.15, 0.2) is 40.9 Å². The summed E-state index contributed by atoms with van der Waals surface area (Å²) in [7, 11) is 0. The molecule has 0 atom stereocenters. The molecule has 0 fully saturated rings. The molecular weight excluding hydrogens is 376 g/mol. The molecule has 2 aromatic rings. The van der Waals surface area contributed by atoms with E-state index in [4.69, 9.17) is 18.9 Å². The average Bonchev–Trinajstić information content (AvgIpc) is 2.59. The number of hydrogen-bond acceptors (Lipinski definition) is 5. The molecular formula is C18H17BrO5. The standard InChI is InChI=1S/C18H17BrO5/c1-12-4-2-3-5-15(12)23-11-18(20)24-10-13-8-16-17(9-14(13)19)22-7-6-21-16/h2-5,8-9H,6-7,10-11H2,1H3. The third-order valence-corrected chi connectivity index (χ3v) is 4.28. The van der Waals surface area contributed by atoms with Crippen LogP contribution in [0.3, 0.4) is 0 Å². The molecule has 126 valence electrons. The Bertz CT molecular complexity index is 744. The Labute approximate surface area is 148 Å². The molecule has 2 aromatic carbocycles. The van der Waals surface area contributed by atoms with Gasteiger partial charge in [-0.2, -0.15) is 0 Å². The normalized spacial score (nSPS) is 12.6. The SMILES string of the molecule is Cc1ccccc1OCC(=O)OCc1cc2c(cc1Br)OCCO2. The van der Waals surface area contributed by atoms with Crippen molar-refractivity contribution in [3.8, 4) is 17.2 Å². The van der Waals surface area contributed by atoms with Crippen LogP contribution in [0.5, 0.6) is 17.2 Å². The van der Waals surface area contributed by atoms with Crippen LogP contribution in [-0.2, 0) is 16.1 Å². The van der Waals surface area contributed by atoms with Crippen molar-refractivity contribution in [3.63, 3.8) is 0 Å². The molecule has 1 aliphatic rings. The van der Waals surface area contributed by atoms with Crippen LogP contribution in [-0.4, -0.2) is 25.8 Å². The quantitative estimate of drug-likeness (QED) is 0.726. The lowest BCUT2D eigenvalue weighted by Crippen LogP contribution is -2.17. The summed E-state index contributed by atoms with van der Waals surface area (Å²) >= 11 is 3.45. The van der Waals surface area contributed by atoms with Gasteiger partial charge in [-0.15, -0.1) is 0 Å². The Kier molecular flexibility index (Phi) is 5.25. The molecule has 0 N–H and O–H groups in total. The third-order valence-electron chi connectivity index (χ3n) is 3.54. The fraction of sp³-hybridized carbons (Fsp3) is 0.278. The molecule has 0 saturated heterocycles. The monoisotopic (exact) mass is 392 g/mol. The summed E-state index contributed by atoms with van der Waals surface area (Å²) in [5.74, 6) is 1.59. The number of aryl methyl sites for hydroxylation is 1. The van der Waals surface area contributed by atoms with Crippen LogP contribution in [0.25, 0.3) is 0 Å². The van der Waals surface area contributed by atoms with Gasteiger partial charge in [0.1, 0.15) is 25.6 Å². The number of ether oxygens (including phenoxy) is 4. The third kappa shape index (κ3) is 4.00. The second-order valence-electron chi connectivity index (χ2n) is 5.30. The van der Waals surface area contributed by atoms with Gasteiger partial charge in [0.25, 0.3) is 0 Å². The zero-order valence-electron chi connectivity index (χ0n) is 13.2. The molecule has 1 aliphatic heterocycles. The van der Waals surface area contributed by atoms with Gasteiger partial charge in [-0.3, -0.25) is 0 Å². The molecule has 0 bridgehead atoms. The molecule has 24 heavy (non-hydrogen) atoms. The summed E-state index contributed by atoms with van der Waals surface area (Å²) in [4.78, 5) is 11.9. The second-order valence-corrected chi connectivity index (χ2v) is 6.16. The highest BCUT2D eigenvalue weighted by atomic mass is 79.9. The lowest BCUT2D eigenvalue weighted by Gasteiger charge is -2.20. The Morgan fingerprint density at radius 3 is 2.62 bits per heavy atom. The molecule has 0 aromatic heterocycles. The van der Waals surface area contributed by atoms with Crippen molar-refractivity contribution in [2.24, 2.45) is 0 Å². The first-order valence-electron chi connectivity index (χ1n) is 7.55. The number of hydrogen-bond donors (Lipinski definition) is 0. The van der Waals surface area contributed by atoms with Crippen molar-refractivity contribution in [2.75, 3.05) is 19.8 Å². The fourth-order valence-electron chi connectivity index (χ4n) is 2.27. The van der Waals surface area contributed by atoms with Crippen molar-refractivity contribution in [1.29, 1.82) is 0 Å². The van der Waals surface area contributed by atoms with E-state index in [-0.39, 0.29) is 13.2 Å². The Hall–Kier alpha value is -2.21. The molecule has 0 radical (unpaired) electrons. The van der Waals surface area contributed by atoms with E-state index in [2.05, 4.69) is 15.9 Å². The van der Waals surface area contributed by atoms with Gasteiger partial charge < -0.3 is 18.9 Å². The number of rotatable bonds is 5. The second kappa shape index (κ2) is 7.57. The first kappa shape index (κ1) is 16.6. The largest absolute Gasteiger partial charge is 0.486 e. The van der Waals surface area contributed by atoms with E-state index in [0.29, 0.717) is 30.5 Å². The molecule has 0 amide bonds. The number of halogens is 1. The lowest BCUT2D eigenvalue weighted by molar-refractivity contribution is -0.147. The molecule has 0 aliphatic carbocycles. The molecule has 6 heteroatoms. The number of carbonyl (C=O) groups is 1. The average molecular weight is 393 g/mol. The molecule has 0 spiro atoms. The van der Waals surface area contributed by atoms with E-state index in [9.17, 15) is 4.79 Å². The van der Waals surface area contributed by atoms with E-state index in [1.165, 1.54) is 0 Å². The van der Waals surface area contributed by atoms with Crippen molar-refractivity contribution >= 4 is 21.9 Å². The van der Waals surface area contributed by atoms with E-state index >= 15 is 0 Å². The van der Waals surface area contributed by atoms with E-state index in [1.54, 1.807) is 0 Å². The number of benzene rings is 2. The summed E-state index contributed by atoms with van der Waals surface area (Å²) in [6.07, 6.45) is 0. The minimum absolute atomic E-state index is 0.132. The van der Waals surface area contributed by atoms with E-state index in [1.807, 2.05) is 43.3 Å². The Balaban J connectivity index is 1.55. The van der Waals surface area contributed by atoms with Crippen LogP contribution in [0.4, 0.5) is 0 Å². The number of para-hydroxylation sites is 1. The van der Waals surface area contributed by atoms with Gasteiger partial charge in [0.15, 0.2) is 18.1 Å². The van der Waals surface area contributed by atoms with Gasteiger partial charge >= 0.3 is 5.97 Å². The van der Waals surface area contributed by atoms with Crippen LogP contribution >= 0.6 is 15.9 Å². The zero-order valence-corrected chi connectivity index (χ0v) is 14.8. The minimum Gasteiger partial charge on any atom is -0.486 e. The van der Waals surface area contributed by atoms with Crippen molar-refractivity contribution in [1.82, 2.24) is 0 Å². The van der Waals surface area contributed by atoms with Crippen LogP contribution in [0, 0.1) is 6.92 Å². The number of carbonyl (C=O) groups excluding carboxylic acids is 1. The first-order valence-corrected chi connectivity index (χ1v) is 8.35. The maximum Gasteiger partial charge on any atom is 0.344 e. The van der Waals surface area contributed by atoms with Crippen LogP contribution in [0.2, 0.25) is 0 Å². The Morgan fingerprint density at radius 2 is 1.88 bits per heavy atom. The topological polar surface area (TPSA) is 54.0 Å². The summed E-state index contributed by atoms with van der Waals surface area (Å²) in [5.41, 5.74) is 1.78. The van der Waals surface area contributed by atoms with Crippen molar-refractivity contribution in [2.45, 2.75) is 13.5 Å². The summed E-state index contributed by atoms with van der Waals surface area (Å²) in [5, 5.41) is 0. The maximum atomic E-state index is 11.9. The van der Waals surface area contributed by atoms with Gasteiger partial charge in [0, 0.05) is 10.0 Å². The van der Waals surface area contributed by atoms with E-state index in [0.717, 1.165) is 15.6 Å². The molecule has 3 rings (SSSR count). The lowest BCUT2D eigenvalue weighted by atomic mass is 10.2. The highest BCUT2D eigenvalue weighted by Crippen LogP contribution is 2.35. The van der Waals surface area contributed by atoms with Crippen molar-refractivity contribution < 1.29 is 23.7 Å². The molecule has 0 saturated carbocycles. The summed E-state index contributed by atoms with van der Waals surface area (Å²) in [6.45, 7) is 2.97. The van der Waals surface area contributed by atoms with Crippen molar-refractivity contribution in [3.05, 3.63) is 52.0 Å². The Morgan fingerprint density at radius 1 is 1.17 bits per heavy atom. The maximum absolute atomic E-state index is 11.9. The first-order chi connectivity index (χ1) is 11.6. The van der Waals surface area contributed by atoms with E-state index < -0.39 is 5.97 Å². The van der Waals surface area contributed by atoms with Crippen LogP contribution < -0.4 is 14.2 Å². The number of esters is 1. The van der Waals surface area contributed by atoms with Gasteiger partial charge in [0.2, 0.25) is 0 Å². The molecule has 5 nitrogen and oxygen atoms in total. The highest BCUT2D eigenvalue weighted by molar-refractivity contribution is 9.10. The summed E-state index contributed by atoms with van der Waals surface area (Å²) in [6, 6.07) is 11.2.